The van der Waals surface area contributed by atoms with Gasteiger partial charge in [0, 0.05) is 30.6 Å². The third-order valence-electron chi connectivity index (χ3n) is 5.82. The van der Waals surface area contributed by atoms with E-state index in [2.05, 4.69) is 10.5 Å². The van der Waals surface area contributed by atoms with Crippen LogP contribution in [-0.2, 0) is 4.74 Å². The number of benzene rings is 1. The molecule has 1 aliphatic heterocycles. The van der Waals surface area contributed by atoms with E-state index >= 15 is 0 Å². The van der Waals surface area contributed by atoms with Gasteiger partial charge < -0.3 is 19.5 Å². The van der Waals surface area contributed by atoms with E-state index < -0.39 is 17.5 Å². The lowest BCUT2D eigenvalue weighted by atomic mass is 9.98. The van der Waals surface area contributed by atoms with E-state index in [-0.39, 0.29) is 34.2 Å². The fraction of sp³-hybridized carbons (Fsp3) is 0.500. The molecule has 0 radical (unpaired) electrons. The first-order valence-corrected chi connectivity index (χ1v) is 10.7. The van der Waals surface area contributed by atoms with Crippen LogP contribution in [0.25, 0.3) is 11.3 Å². The summed E-state index contributed by atoms with van der Waals surface area (Å²) in [4.78, 5) is 27.2. The van der Waals surface area contributed by atoms with Crippen LogP contribution in [-0.4, -0.2) is 46.8 Å². The Bertz CT molecular complexity index is 1000. The van der Waals surface area contributed by atoms with E-state index in [1.807, 2.05) is 20.8 Å². The normalized spacial score (nSPS) is 23.0. The van der Waals surface area contributed by atoms with E-state index in [1.165, 1.54) is 24.4 Å². The Hall–Kier alpha value is -2.61. The number of carbonyl (C=O) groups excluding carboxylic acids is 2. The van der Waals surface area contributed by atoms with Crippen molar-refractivity contribution in [2.24, 2.45) is 11.8 Å². The summed E-state index contributed by atoms with van der Waals surface area (Å²) in [6.07, 6.45) is 2.72. The SMILES string of the molecule is CC(C)(C)OC(=O)N[C@@H]1CC[C@H]2CN(C(=O)c3cnoc3-c3ccc(F)cc3Cl)C[C@H]21. The highest BCUT2D eigenvalue weighted by molar-refractivity contribution is 6.33. The predicted octanol–water partition coefficient (Wildman–Crippen LogP) is 4.51. The molecule has 2 fully saturated rings. The van der Waals surface area contributed by atoms with Crippen molar-refractivity contribution in [2.45, 2.75) is 45.3 Å². The van der Waals surface area contributed by atoms with Crippen LogP contribution in [0.5, 0.6) is 0 Å². The summed E-state index contributed by atoms with van der Waals surface area (Å²) in [6, 6.07) is 3.85. The molecule has 166 valence electrons. The second-order valence-electron chi connectivity index (χ2n) is 9.16. The predicted molar refractivity (Wildman–Crippen MR) is 112 cm³/mol. The van der Waals surface area contributed by atoms with Gasteiger partial charge in [0.15, 0.2) is 5.76 Å². The molecule has 31 heavy (non-hydrogen) atoms. The molecule has 1 aliphatic carbocycles. The number of ether oxygens (including phenoxy) is 1. The number of carbonyl (C=O) groups is 2. The molecule has 2 aromatic rings. The minimum atomic E-state index is -0.563. The molecule has 4 rings (SSSR count). The molecule has 1 N–H and O–H groups in total. The molecule has 0 spiro atoms. The van der Waals surface area contributed by atoms with Gasteiger partial charge in [-0.3, -0.25) is 4.79 Å². The fourth-order valence-corrected chi connectivity index (χ4v) is 4.75. The van der Waals surface area contributed by atoms with E-state index in [0.29, 0.717) is 24.6 Å². The Labute approximate surface area is 184 Å². The Kier molecular flexibility index (Phi) is 5.68. The lowest BCUT2D eigenvalue weighted by molar-refractivity contribution is 0.0491. The van der Waals surface area contributed by atoms with Gasteiger partial charge >= 0.3 is 6.09 Å². The number of alkyl carbamates (subject to hydrolysis) is 1. The largest absolute Gasteiger partial charge is 0.444 e. The van der Waals surface area contributed by atoms with Crippen molar-refractivity contribution in [2.75, 3.05) is 13.1 Å². The van der Waals surface area contributed by atoms with Gasteiger partial charge in [0.2, 0.25) is 0 Å². The first-order valence-electron chi connectivity index (χ1n) is 10.3. The Morgan fingerprint density at radius 2 is 2.06 bits per heavy atom. The lowest BCUT2D eigenvalue weighted by Gasteiger charge is -2.25. The average molecular weight is 450 g/mol. The van der Waals surface area contributed by atoms with Gasteiger partial charge in [-0.05, 0) is 57.7 Å². The smallest absolute Gasteiger partial charge is 0.407 e. The standard InChI is InChI=1S/C22H25ClFN3O4/c1-22(2,3)30-21(29)26-18-7-4-12-10-27(11-16(12)18)20(28)15-9-25-31-19(15)14-6-5-13(24)8-17(14)23/h5-6,8-9,12,16,18H,4,7,10-11H2,1-3H3,(H,26,29)/t12-,16+,18+/m0/s1. The van der Waals surface area contributed by atoms with Crippen LogP contribution in [0.4, 0.5) is 9.18 Å². The zero-order chi connectivity index (χ0) is 22.3. The van der Waals surface area contributed by atoms with Gasteiger partial charge in [0.25, 0.3) is 5.91 Å². The molecule has 7 nitrogen and oxygen atoms in total. The summed E-state index contributed by atoms with van der Waals surface area (Å²) in [5.74, 6) is -0.00891. The van der Waals surface area contributed by atoms with Crippen molar-refractivity contribution < 1.29 is 23.2 Å². The summed E-state index contributed by atoms with van der Waals surface area (Å²) in [6.45, 7) is 6.58. The van der Waals surface area contributed by atoms with E-state index in [0.717, 1.165) is 12.8 Å². The molecule has 9 heteroatoms. The molecule has 2 heterocycles. The highest BCUT2D eigenvalue weighted by Gasteiger charge is 2.45. The highest BCUT2D eigenvalue weighted by Crippen LogP contribution is 2.40. The topological polar surface area (TPSA) is 84.7 Å². The first kappa shape index (κ1) is 21.6. The van der Waals surface area contributed by atoms with Gasteiger partial charge in [0.1, 0.15) is 17.0 Å². The van der Waals surface area contributed by atoms with Gasteiger partial charge in [0.05, 0.1) is 11.2 Å². The van der Waals surface area contributed by atoms with Crippen molar-refractivity contribution >= 4 is 23.6 Å². The minimum Gasteiger partial charge on any atom is -0.444 e. The van der Waals surface area contributed by atoms with Gasteiger partial charge in [-0.15, -0.1) is 0 Å². The van der Waals surface area contributed by atoms with E-state index in [1.54, 1.807) is 4.90 Å². The van der Waals surface area contributed by atoms with Crippen molar-refractivity contribution in [1.82, 2.24) is 15.4 Å². The van der Waals surface area contributed by atoms with Crippen LogP contribution in [0.15, 0.2) is 28.9 Å². The lowest BCUT2D eigenvalue weighted by Crippen LogP contribution is -2.42. The summed E-state index contributed by atoms with van der Waals surface area (Å²) >= 11 is 6.14. The maximum Gasteiger partial charge on any atom is 0.407 e. The summed E-state index contributed by atoms with van der Waals surface area (Å²) in [5, 5.41) is 6.88. The number of nitrogens with zero attached hydrogens (tertiary/aromatic N) is 2. The van der Waals surface area contributed by atoms with Gasteiger partial charge in [-0.2, -0.15) is 0 Å². The molecule has 1 aromatic heterocycles. The number of amides is 2. The van der Waals surface area contributed by atoms with Crippen molar-refractivity contribution in [1.29, 1.82) is 0 Å². The van der Waals surface area contributed by atoms with Crippen LogP contribution < -0.4 is 5.32 Å². The number of nitrogens with one attached hydrogen (secondary N) is 1. The van der Waals surface area contributed by atoms with Crippen LogP contribution >= 0.6 is 11.6 Å². The number of fused-ring (bicyclic) bond motifs is 1. The number of halogens is 2. The summed E-state index contributed by atoms with van der Waals surface area (Å²) < 4.78 is 24.1. The van der Waals surface area contributed by atoms with Gasteiger partial charge in [-0.25, -0.2) is 9.18 Å². The number of aromatic nitrogens is 1. The second-order valence-corrected chi connectivity index (χ2v) is 9.56. The number of likely N-dealkylation sites (tertiary alicyclic amines) is 1. The van der Waals surface area contributed by atoms with Crippen LogP contribution in [0, 0.1) is 17.7 Å². The maximum atomic E-state index is 13.4. The molecule has 2 aliphatic rings. The summed E-state index contributed by atoms with van der Waals surface area (Å²) in [5.41, 5.74) is 0.129. The van der Waals surface area contributed by atoms with Crippen molar-refractivity contribution in [3.63, 3.8) is 0 Å². The monoisotopic (exact) mass is 449 g/mol. The van der Waals surface area contributed by atoms with Crippen molar-refractivity contribution in [3.8, 4) is 11.3 Å². The zero-order valence-electron chi connectivity index (χ0n) is 17.7. The Morgan fingerprint density at radius 1 is 1.29 bits per heavy atom. The van der Waals surface area contributed by atoms with Crippen LogP contribution in [0.2, 0.25) is 5.02 Å². The molecule has 0 unspecified atom stereocenters. The molecule has 1 saturated carbocycles. The third kappa shape index (κ3) is 4.54. The van der Waals surface area contributed by atoms with E-state index in [9.17, 15) is 14.0 Å². The fourth-order valence-electron chi connectivity index (χ4n) is 4.50. The number of hydrogen-bond acceptors (Lipinski definition) is 5. The maximum absolute atomic E-state index is 13.4. The zero-order valence-corrected chi connectivity index (χ0v) is 18.4. The van der Waals surface area contributed by atoms with Gasteiger partial charge in [-0.1, -0.05) is 16.8 Å². The number of rotatable bonds is 3. The molecule has 1 saturated heterocycles. The van der Waals surface area contributed by atoms with Crippen LogP contribution in [0.1, 0.15) is 44.0 Å². The Balaban J connectivity index is 1.46. The van der Waals surface area contributed by atoms with E-state index in [4.69, 9.17) is 20.9 Å². The molecule has 3 atom stereocenters. The third-order valence-corrected chi connectivity index (χ3v) is 6.14. The molecule has 0 bridgehead atoms. The molecule has 1 aromatic carbocycles. The number of hydrogen-bond donors (Lipinski definition) is 1. The molecular formula is C22H25ClFN3O4. The Morgan fingerprint density at radius 3 is 2.77 bits per heavy atom. The van der Waals surface area contributed by atoms with Crippen molar-refractivity contribution in [3.05, 3.63) is 40.8 Å². The average Bonchev–Trinajstić information content (AvgIpc) is 3.36. The quantitative estimate of drug-likeness (QED) is 0.745. The minimum absolute atomic E-state index is 0.0360. The highest BCUT2D eigenvalue weighted by atomic mass is 35.5. The first-order chi connectivity index (χ1) is 14.6. The molecule has 2 amide bonds. The van der Waals surface area contributed by atoms with Crippen LogP contribution in [0.3, 0.4) is 0 Å². The summed E-state index contributed by atoms with van der Waals surface area (Å²) in [7, 11) is 0. The molecular weight excluding hydrogens is 425 g/mol. The second kappa shape index (κ2) is 8.15.